The first kappa shape index (κ1) is 10.2. The first-order valence-electron chi connectivity index (χ1n) is 4.81. The second-order valence-corrected chi connectivity index (χ2v) is 3.58. The maximum absolute atomic E-state index is 7.42. The minimum atomic E-state index is -0.0337. The Morgan fingerprint density at radius 1 is 1.44 bits per heavy atom. The van der Waals surface area contributed by atoms with E-state index in [1.54, 1.807) is 18.3 Å². The van der Waals surface area contributed by atoms with E-state index in [1.165, 1.54) is 0 Å². The predicted molar refractivity (Wildman–Crippen MR) is 64.1 cm³/mol. The molecule has 0 amide bonds. The smallest absolute Gasteiger partial charge is 0.139 e. The molecule has 5 N–H and O–H groups in total. The van der Waals surface area contributed by atoms with E-state index in [-0.39, 0.29) is 5.84 Å². The molecule has 2 aromatic rings. The van der Waals surface area contributed by atoms with Crippen LogP contribution in [-0.2, 0) is 7.05 Å². The highest BCUT2D eigenvalue weighted by Crippen LogP contribution is 2.21. The molecule has 0 fully saturated rings. The van der Waals surface area contributed by atoms with Crippen LogP contribution < -0.4 is 11.5 Å². The van der Waals surface area contributed by atoms with Gasteiger partial charge in [-0.05, 0) is 18.2 Å². The fourth-order valence-electron chi connectivity index (χ4n) is 1.57. The topological polar surface area (TPSA) is 93.7 Å². The number of rotatable bonds is 2. The molecule has 0 aliphatic heterocycles. The van der Waals surface area contributed by atoms with Crippen molar-refractivity contribution in [3.8, 4) is 11.4 Å². The average Bonchev–Trinajstić information content (AvgIpc) is 2.65. The van der Waals surface area contributed by atoms with Gasteiger partial charge in [0.25, 0.3) is 0 Å². The van der Waals surface area contributed by atoms with Crippen LogP contribution in [-0.4, -0.2) is 15.4 Å². The summed E-state index contributed by atoms with van der Waals surface area (Å²) < 4.78 is 1.90. The number of anilines is 1. The minimum absolute atomic E-state index is 0.0337. The first-order chi connectivity index (χ1) is 7.59. The van der Waals surface area contributed by atoms with Crippen LogP contribution in [0.4, 0.5) is 5.69 Å². The van der Waals surface area contributed by atoms with Gasteiger partial charge in [0.1, 0.15) is 11.7 Å². The number of aryl methyl sites for hydroxylation is 1. The Hall–Kier alpha value is -2.30. The number of nitrogens with one attached hydrogen (secondary N) is 1. The second kappa shape index (κ2) is 3.69. The Labute approximate surface area is 93.2 Å². The van der Waals surface area contributed by atoms with E-state index < -0.39 is 0 Å². The van der Waals surface area contributed by atoms with E-state index in [0.717, 1.165) is 11.4 Å². The van der Waals surface area contributed by atoms with Crippen molar-refractivity contribution in [3.05, 3.63) is 36.2 Å². The number of hydrogen-bond donors (Lipinski definition) is 3. The van der Waals surface area contributed by atoms with Crippen LogP contribution in [0.3, 0.4) is 0 Å². The summed E-state index contributed by atoms with van der Waals surface area (Å²) in [6.45, 7) is 0. The van der Waals surface area contributed by atoms with Gasteiger partial charge in [-0.3, -0.25) is 5.41 Å². The van der Waals surface area contributed by atoms with Crippen molar-refractivity contribution in [1.82, 2.24) is 9.55 Å². The van der Waals surface area contributed by atoms with Gasteiger partial charge >= 0.3 is 0 Å². The van der Waals surface area contributed by atoms with Gasteiger partial charge in [-0.1, -0.05) is 0 Å². The zero-order chi connectivity index (χ0) is 11.7. The Morgan fingerprint density at radius 2 is 2.19 bits per heavy atom. The molecule has 5 nitrogen and oxygen atoms in total. The molecule has 82 valence electrons. The Morgan fingerprint density at radius 3 is 2.75 bits per heavy atom. The van der Waals surface area contributed by atoms with Crippen LogP contribution in [0.1, 0.15) is 5.56 Å². The summed E-state index contributed by atoms with van der Waals surface area (Å²) in [5.74, 6) is 0.788. The number of imidazole rings is 1. The predicted octanol–water partition coefficient (Wildman–Crippen LogP) is 0.953. The number of benzene rings is 1. The third-order valence-corrected chi connectivity index (χ3v) is 2.42. The average molecular weight is 215 g/mol. The van der Waals surface area contributed by atoms with Gasteiger partial charge in [0.2, 0.25) is 0 Å². The number of nitrogens with zero attached hydrogens (tertiary/aromatic N) is 2. The molecule has 0 spiro atoms. The van der Waals surface area contributed by atoms with Crippen molar-refractivity contribution in [2.75, 3.05) is 5.73 Å². The van der Waals surface area contributed by atoms with Crippen LogP contribution in [0.15, 0.2) is 30.6 Å². The van der Waals surface area contributed by atoms with Gasteiger partial charge in [-0.2, -0.15) is 0 Å². The Kier molecular flexibility index (Phi) is 2.36. The molecule has 0 bridgehead atoms. The van der Waals surface area contributed by atoms with Crippen LogP contribution in [0.25, 0.3) is 11.4 Å². The van der Waals surface area contributed by atoms with Crippen molar-refractivity contribution in [2.45, 2.75) is 0 Å². The highest BCUT2D eigenvalue weighted by atomic mass is 15.0. The third-order valence-electron chi connectivity index (χ3n) is 2.42. The van der Waals surface area contributed by atoms with E-state index >= 15 is 0 Å². The summed E-state index contributed by atoms with van der Waals surface area (Å²) in [6, 6.07) is 5.38. The first-order valence-corrected chi connectivity index (χ1v) is 4.81. The molecule has 5 heteroatoms. The van der Waals surface area contributed by atoms with Crippen LogP contribution >= 0.6 is 0 Å². The monoisotopic (exact) mass is 215 g/mol. The third kappa shape index (κ3) is 1.63. The molecule has 0 unspecified atom stereocenters. The lowest BCUT2D eigenvalue weighted by atomic mass is 10.1. The lowest BCUT2D eigenvalue weighted by molar-refractivity contribution is 0.925. The minimum Gasteiger partial charge on any atom is -0.398 e. The van der Waals surface area contributed by atoms with E-state index in [1.807, 2.05) is 23.9 Å². The summed E-state index contributed by atoms with van der Waals surface area (Å²) in [5.41, 5.74) is 13.1. The van der Waals surface area contributed by atoms with E-state index in [2.05, 4.69) is 4.98 Å². The summed E-state index contributed by atoms with van der Waals surface area (Å²) in [6.07, 6.45) is 3.58. The number of nitrogens with two attached hydrogens (primary N) is 2. The van der Waals surface area contributed by atoms with Gasteiger partial charge in [-0.15, -0.1) is 0 Å². The Bertz CT molecular complexity index is 541. The lowest BCUT2D eigenvalue weighted by Gasteiger charge is -2.07. The fourth-order valence-corrected chi connectivity index (χ4v) is 1.57. The van der Waals surface area contributed by atoms with Crippen LogP contribution in [0, 0.1) is 5.41 Å². The quantitative estimate of drug-likeness (QED) is 0.395. The largest absolute Gasteiger partial charge is 0.398 e. The molecule has 0 aliphatic rings. The lowest BCUT2D eigenvalue weighted by Crippen LogP contribution is -2.13. The van der Waals surface area contributed by atoms with E-state index in [9.17, 15) is 0 Å². The highest BCUT2D eigenvalue weighted by molar-refractivity contribution is 6.00. The maximum atomic E-state index is 7.42. The highest BCUT2D eigenvalue weighted by Gasteiger charge is 2.08. The fraction of sp³-hybridized carbons (Fsp3) is 0.0909. The standard InChI is InChI=1S/C11H13N5/c1-16-5-4-15-11(16)7-2-3-9(12)8(6-7)10(13)14/h2-6H,12H2,1H3,(H3,13,14). The zero-order valence-corrected chi connectivity index (χ0v) is 8.94. The van der Waals surface area contributed by atoms with Crippen LogP contribution in [0.2, 0.25) is 0 Å². The van der Waals surface area contributed by atoms with Crippen molar-refractivity contribution in [2.24, 2.45) is 12.8 Å². The van der Waals surface area contributed by atoms with Crippen molar-refractivity contribution in [1.29, 1.82) is 5.41 Å². The normalized spacial score (nSPS) is 10.3. The maximum Gasteiger partial charge on any atom is 0.139 e. The van der Waals surface area contributed by atoms with Gasteiger partial charge in [0.05, 0.1) is 0 Å². The summed E-state index contributed by atoms with van der Waals surface area (Å²) >= 11 is 0. The van der Waals surface area contributed by atoms with Gasteiger partial charge in [0, 0.05) is 36.3 Å². The molecule has 2 rings (SSSR count). The SMILES string of the molecule is Cn1ccnc1-c1ccc(N)c(C(=N)N)c1. The Balaban J connectivity index is 2.56. The van der Waals surface area contributed by atoms with Crippen molar-refractivity contribution >= 4 is 11.5 Å². The molecule has 0 aliphatic carbocycles. The van der Waals surface area contributed by atoms with Gasteiger partial charge in [-0.25, -0.2) is 4.98 Å². The molecule has 1 aromatic carbocycles. The van der Waals surface area contributed by atoms with Gasteiger partial charge < -0.3 is 16.0 Å². The summed E-state index contributed by atoms with van der Waals surface area (Å²) in [7, 11) is 1.91. The molecule has 1 heterocycles. The molecular weight excluding hydrogens is 202 g/mol. The number of nitrogen functional groups attached to an aromatic ring is 2. The number of amidine groups is 1. The second-order valence-electron chi connectivity index (χ2n) is 3.58. The molecule has 1 aromatic heterocycles. The molecule has 0 saturated heterocycles. The van der Waals surface area contributed by atoms with Crippen molar-refractivity contribution < 1.29 is 0 Å². The van der Waals surface area contributed by atoms with Crippen molar-refractivity contribution in [3.63, 3.8) is 0 Å². The molecule has 0 atom stereocenters. The van der Waals surface area contributed by atoms with E-state index in [0.29, 0.717) is 11.3 Å². The molecular formula is C11H13N5. The molecule has 0 radical (unpaired) electrons. The number of aromatic nitrogens is 2. The summed E-state index contributed by atoms with van der Waals surface area (Å²) in [5, 5.41) is 7.42. The molecule has 16 heavy (non-hydrogen) atoms. The van der Waals surface area contributed by atoms with Crippen LogP contribution in [0.5, 0.6) is 0 Å². The van der Waals surface area contributed by atoms with E-state index in [4.69, 9.17) is 16.9 Å². The molecule has 0 saturated carbocycles. The zero-order valence-electron chi connectivity index (χ0n) is 8.94. The number of hydrogen-bond acceptors (Lipinski definition) is 3. The summed E-state index contributed by atoms with van der Waals surface area (Å²) in [4.78, 5) is 4.23. The van der Waals surface area contributed by atoms with Gasteiger partial charge in [0.15, 0.2) is 0 Å².